The van der Waals surface area contributed by atoms with Crippen LogP contribution in [0.3, 0.4) is 0 Å². The van der Waals surface area contributed by atoms with E-state index in [2.05, 4.69) is 46.9 Å². The number of hydrogen-bond donors (Lipinski definition) is 2. The third-order valence-electron chi connectivity index (χ3n) is 3.62. The quantitative estimate of drug-likeness (QED) is 0.700. The molecule has 4 nitrogen and oxygen atoms in total. The van der Waals surface area contributed by atoms with Crippen molar-refractivity contribution in [3.63, 3.8) is 0 Å². The second-order valence-electron chi connectivity index (χ2n) is 5.21. The van der Waals surface area contributed by atoms with Gasteiger partial charge in [-0.25, -0.2) is 4.79 Å². The Morgan fingerprint density at radius 2 is 2.05 bits per heavy atom. The van der Waals surface area contributed by atoms with Crippen LogP contribution in [-0.4, -0.2) is 41.7 Å². The highest BCUT2D eigenvalue weighted by molar-refractivity contribution is 9.10. The molecule has 0 fully saturated rings. The number of carboxylic acids is 1. The van der Waals surface area contributed by atoms with Gasteiger partial charge in [-0.1, -0.05) is 13.8 Å². The standard InChI is InChI=1S/C16H25BrN2O2/c1-4-19(5-2)10-6-7-12(3)18-13-8-9-14(16(20)21)15(17)11-13/h8-9,11-12,18H,4-7,10H2,1-3H3,(H,20,21). The van der Waals surface area contributed by atoms with E-state index < -0.39 is 5.97 Å². The Balaban J connectivity index is 2.46. The molecule has 0 aromatic heterocycles. The van der Waals surface area contributed by atoms with Crippen LogP contribution in [0.15, 0.2) is 22.7 Å². The number of rotatable bonds is 9. The van der Waals surface area contributed by atoms with Crippen LogP contribution in [0.1, 0.15) is 44.0 Å². The van der Waals surface area contributed by atoms with E-state index >= 15 is 0 Å². The molecule has 0 amide bonds. The fourth-order valence-electron chi connectivity index (χ4n) is 2.30. The largest absolute Gasteiger partial charge is 0.478 e. The molecule has 0 aliphatic rings. The molecule has 0 saturated heterocycles. The number of hydrogen-bond acceptors (Lipinski definition) is 3. The molecule has 0 aliphatic carbocycles. The summed E-state index contributed by atoms with van der Waals surface area (Å²) in [5, 5.41) is 12.4. The maximum absolute atomic E-state index is 11.0. The van der Waals surface area contributed by atoms with Crippen LogP contribution in [-0.2, 0) is 0 Å². The zero-order valence-corrected chi connectivity index (χ0v) is 14.6. The van der Waals surface area contributed by atoms with E-state index in [1.54, 1.807) is 6.07 Å². The van der Waals surface area contributed by atoms with Crippen molar-refractivity contribution in [3.8, 4) is 0 Å². The highest BCUT2D eigenvalue weighted by Crippen LogP contribution is 2.22. The van der Waals surface area contributed by atoms with E-state index in [9.17, 15) is 4.79 Å². The van der Waals surface area contributed by atoms with Gasteiger partial charge >= 0.3 is 5.97 Å². The highest BCUT2D eigenvalue weighted by atomic mass is 79.9. The van der Waals surface area contributed by atoms with Crippen LogP contribution in [0.5, 0.6) is 0 Å². The van der Waals surface area contributed by atoms with Gasteiger partial charge in [0, 0.05) is 16.2 Å². The van der Waals surface area contributed by atoms with E-state index in [1.165, 1.54) is 0 Å². The summed E-state index contributed by atoms with van der Waals surface area (Å²) in [5.74, 6) is -0.916. The van der Waals surface area contributed by atoms with Crippen LogP contribution in [0, 0.1) is 0 Å². The third kappa shape index (κ3) is 6.06. The third-order valence-corrected chi connectivity index (χ3v) is 4.27. The Bertz CT molecular complexity index is 462. The lowest BCUT2D eigenvalue weighted by Gasteiger charge is -2.20. The number of halogens is 1. The molecule has 1 atom stereocenters. The second kappa shape index (κ2) is 9.05. The summed E-state index contributed by atoms with van der Waals surface area (Å²) < 4.78 is 0.607. The lowest BCUT2D eigenvalue weighted by Crippen LogP contribution is -2.25. The van der Waals surface area contributed by atoms with Gasteiger partial charge in [-0.05, 0) is 73.5 Å². The number of nitrogens with one attached hydrogen (secondary N) is 1. The van der Waals surface area contributed by atoms with Gasteiger partial charge in [-0.2, -0.15) is 0 Å². The van der Waals surface area contributed by atoms with Crippen molar-refractivity contribution >= 4 is 27.6 Å². The lowest BCUT2D eigenvalue weighted by atomic mass is 10.1. The minimum atomic E-state index is -0.916. The first-order valence-electron chi connectivity index (χ1n) is 7.49. The Hall–Kier alpha value is -1.07. The molecular formula is C16H25BrN2O2. The van der Waals surface area contributed by atoms with Crippen molar-refractivity contribution in [2.75, 3.05) is 25.0 Å². The smallest absolute Gasteiger partial charge is 0.336 e. The molecule has 5 heteroatoms. The molecule has 0 heterocycles. The fourth-order valence-corrected chi connectivity index (χ4v) is 2.84. The van der Waals surface area contributed by atoms with Crippen molar-refractivity contribution in [1.82, 2.24) is 4.90 Å². The summed E-state index contributed by atoms with van der Waals surface area (Å²) in [6, 6.07) is 5.62. The molecular weight excluding hydrogens is 332 g/mol. The SMILES string of the molecule is CCN(CC)CCCC(C)Nc1ccc(C(=O)O)c(Br)c1. The topological polar surface area (TPSA) is 52.6 Å². The molecule has 0 saturated carbocycles. The van der Waals surface area contributed by atoms with Crippen LogP contribution in [0.25, 0.3) is 0 Å². The van der Waals surface area contributed by atoms with E-state index in [0.717, 1.165) is 38.2 Å². The molecule has 118 valence electrons. The van der Waals surface area contributed by atoms with Crippen LogP contribution >= 0.6 is 15.9 Å². The number of carboxylic acid groups (broad SMARTS) is 1. The first-order chi connectivity index (χ1) is 9.97. The zero-order chi connectivity index (χ0) is 15.8. The van der Waals surface area contributed by atoms with E-state index in [1.807, 2.05) is 12.1 Å². The van der Waals surface area contributed by atoms with E-state index in [-0.39, 0.29) is 5.56 Å². The molecule has 1 unspecified atom stereocenters. The summed E-state index contributed by atoms with van der Waals surface area (Å²) in [7, 11) is 0. The first kappa shape index (κ1) is 18.0. The molecule has 1 aromatic carbocycles. The lowest BCUT2D eigenvalue weighted by molar-refractivity contribution is 0.0696. The van der Waals surface area contributed by atoms with Gasteiger partial charge in [0.15, 0.2) is 0 Å². The monoisotopic (exact) mass is 356 g/mol. The average Bonchev–Trinajstić information content (AvgIpc) is 2.43. The van der Waals surface area contributed by atoms with Gasteiger partial charge in [0.1, 0.15) is 0 Å². The number of aromatic carboxylic acids is 1. The fraction of sp³-hybridized carbons (Fsp3) is 0.562. The van der Waals surface area contributed by atoms with Gasteiger partial charge in [0.2, 0.25) is 0 Å². The molecule has 1 aromatic rings. The van der Waals surface area contributed by atoms with Gasteiger partial charge in [-0.3, -0.25) is 0 Å². The first-order valence-corrected chi connectivity index (χ1v) is 8.28. The van der Waals surface area contributed by atoms with Gasteiger partial charge < -0.3 is 15.3 Å². The zero-order valence-electron chi connectivity index (χ0n) is 13.0. The highest BCUT2D eigenvalue weighted by Gasteiger charge is 2.10. The van der Waals surface area contributed by atoms with E-state index in [4.69, 9.17) is 5.11 Å². The van der Waals surface area contributed by atoms with Crippen LogP contribution in [0.2, 0.25) is 0 Å². The number of anilines is 1. The molecule has 0 spiro atoms. The summed E-state index contributed by atoms with van der Waals surface area (Å²) in [5.41, 5.74) is 1.23. The maximum atomic E-state index is 11.0. The molecule has 0 radical (unpaired) electrons. The molecule has 1 rings (SSSR count). The van der Waals surface area contributed by atoms with Crippen molar-refractivity contribution in [3.05, 3.63) is 28.2 Å². The Kier molecular flexibility index (Phi) is 7.75. The number of carbonyl (C=O) groups is 1. The molecule has 2 N–H and O–H groups in total. The normalized spacial score (nSPS) is 12.4. The van der Waals surface area contributed by atoms with Gasteiger partial charge in [0.25, 0.3) is 0 Å². The van der Waals surface area contributed by atoms with Gasteiger partial charge in [-0.15, -0.1) is 0 Å². The summed E-state index contributed by atoms with van der Waals surface area (Å²) in [6.45, 7) is 9.85. The van der Waals surface area contributed by atoms with Crippen molar-refractivity contribution in [1.29, 1.82) is 0 Å². The Morgan fingerprint density at radius 3 is 2.57 bits per heavy atom. The van der Waals surface area contributed by atoms with Gasteiger partial charge in [0.05, 0.1) is 5.56 Å². The summed E-state index contributed by atoms with van der Waals surface area (Å²) >= 11 is 3.30. The minimum absolute atomic E-state index is 0.287. The van der Waals surface area contributed by atoms with E-state index in [0.29, 0.717) is 10.5 Å². The second-order valence-corrected chi connectivity index (χ2v) is 6.07. The number of nitrogens with zero attached hydrogens (tertiary/aromatic N) is 1. The maximum Gasteiger partial charge on any atom is 0.336 e. The van der Waals surface area contributed by atoms with Crippen LogP contribution in [0.4, 0.5) is 5.69 Å². The summed E-state index contributed by atoms with van der Waals surface area (Å²) in [6.07, 6.45) is 2.25. The Morgan fingerprint density at radius 1 is 1.38 bits per heavy atom. The molecule has 21 heavy (non-hydrogen) atoms. The predicted molar refractivity (Wildman–Crippen MR) is 91.2 cm³/mol. The van der Waals surface area contributed by atoms with Crippen molar-refractivity contribution in [2.45, 2.75) is 39.7 Å². The number of benzene rings is 1. The van der Waals surface area contributed by atoms with Crippen LogP contribution < -0.4 is 5.32 Å². The molecule has 0 aliphatic heterocycles. The Labute approximate surface area is 135 Å². The average molecular weight is 357 g/mol. The minimum Gasteiger partial charge on any atom is -0.478 e. The van der Waals surface area contributed by atoms with Crippen molar-refractivity contribution < 1.29 is 9.90 Å². The van der Waals surface area contributed by atoms with Crippen molar-refractivity contribution in [2.24, 2.45) is 0 Å². The predicted octanol–water partition coefficient (Wildman–Crippen LogP) is 4.07. The summed E-state index contributed by atoms with van der Waals surface area (Å²) in [4.78, 5) is 13.4. The molecule has 0 bridgehead atoms.